The lowest BCUT2D eigenvalue weighted by atomic mass is 10.2. The largest absolute Gasteiger partial charge is 0.464 e. The third-order valence-electron chi connectivity index (χ3n) is 3.63. The molecule has 0 fully saturated rings. The van der Waals surface area contributed by atoms with Gasteiger partial charge in [0.2, 0.25) is 0 Å². The Labute approximate surface area is 146 Å². The monoisotopic (exact) mass is 364 g/mol. The van der Waals surface area contributed by atoms with Crippen LogP contribution in [0.1, 0.15) is 30.0 Å². The van der Waals surface area contributed by atoms with Gasteiger partial charge in [-0.15, -0.1) is 0 Å². The second-order valence-corrected chi connectivity index (χ2v) is 7.86. The normalized spacial score (nSPS) is 12.5. The number of rotatable bonds is 4. The van der Waals surface area contributed by atoms with Crippen molar-refractivity contribution in [2.75, 3.05) is 11.6 Å². The molecule has 0 spiro atoms. The first kappa shape index (κ1) is 18.7. The summed E-state index contributed by atoms with van der Waals surface area (Å²) in [5, 5.41) is 4.97. The van der Waals surface area contributed by atoms with Gasteiger partial charge in [0.1, 0.15) is 11.5 Å². The average Bonchev–Trinajstić information content (AvgIpc) is 2.94. The van der Waals surface area contributed by atoms with Gasteiger partial charge in [-0.2, -0.15) is 0 Å². The van der Waals surface area contributed by atoms with E-state index in [-0.39, 0.29) is 10.6 Å². The number of sulfone groups is 1. The minimum atomic E-state index is -3.42. The van der Waals surface area contributed by atoms with Crippen LogP contribution in [0, 0.1) is 13.8 Å². The third kappa shape index (κ3) is 4.69. The summed E-state index contributed by atoms with van der Waals surface area (Å²) in [5.41, 5.74) is 0.910. The Morgan fingerprint density at radius 3 is 2.32 bits per heavy atom. The molecule has 0 saturated heterocycles. The maximum absolute atomic E-state index is 12.1. The average molecular weight is 364 g/mol. The van der Waals surface area contributed by atoms with Gasteiger partial charge < -0.3 is 15.1 Å². The fourth-order valence-electron chi connectivity index (χ4n) is 2.16. The molecule has 2 N–H and O–H groups in total. The molecule has 0 aliphatic rings. The van der Waals surface area contributed by atoms with Gasteiger partial charge in [-0.05, 0) is 50.6 Å². The first-order valence-electron chi connectivity index (χ1n) is 7.57. The maximum atomic E-state index is 12.1. The molecule has 1 heterocycles. The highest BCUT2D eigenvalue weighted by molar-refractivity contribution is 7.90. The van der Waals surface area contributed by atoms with Crippen molar-refractivity contribution < 1.29 is 22.4 Å². The van der Waals surface area contributed by atoms with Crippen molar-refractivity contribution in [1.82, 2.24) is 5.32 Å². The zero-order valence-electron chi connectivity index (χ0n) is 14.4. The molecule has 8 heteroatoms. The topological polar surface area (TPSA) is 105 Å². The Balaban J connectivity index is 2.10. The number of aryl methyl sites for hydroxylation is 2. The Morgan fingerprint density at radius 1 is 1.08 bits per heavy atom. The fourth-order valence-corrected chi connectivity index (χ4v) is 2.81. The van der Waals surface area contributed by atoms with Crippen LogP contribution in [0.4, 0.5) is 5.69 Å². The van der Waals surface area contributed by atoms with E-state index in [0.717, 1.165) is 6.26 Å². The first-order chi connectivity index (χ1) is 11.6. The van der Waals surface area contributed by atoms with Crippen LogP contribution in [0.2, 0.25) is 0 Å². The van der Waals surface area contributed by atoms with Crippen molar-refractivity contribution >= 4 is 27.3 Å². The molecule has 0 saturated carbocycles. The van der Waals surface area contributed by atoms with E-state index in [1.807, 2.05) is 0 Å². The predicted molar refractivity (Wildman–Crippen MR) is 92.9 cm³/mol. The van der Waals surface area contributed by atoms with E-state index in [4.69, 9.17) is 4.42 Å². The second-order valence-electron chi connectivity index (χ2n) is 5.85. The summed E-state index contributed by atoms with van der Waals surface area (Å²) in [6.07, 6.45) is 1.07. The quantitative estimate of drug-likeness (QED) is 0.809. The molecule has 25 heavy (non-hydrogen) atoms. The third-order valence-corrected chi connectivity index (χ3v) is 4.74. The van der Waals surface area contributed by atoms with Gasteiger partial charge in [0, 0.05) is 11.9 Å². The number of carbonyl (C=O) groups excluding carboxylic acids is 2. The van der Waals surface area contributed by atoms with Gasteiger partial charge in [-0.3, -0.25) is 9.59 Å². The number of nitrogens with one attached hydrogen (secondary N) is 2. The van der Waals surface area contributed by atoms with Gasteiger partial charge in [-0.1, -0.05) is 6.07 Å². The fraction of sp³-hybridized carbons (Fsp3) is 0.294. The zero-order valence-corrected chi connectivity index (χ0v) is 15.2. The van der Waals surface area contributed by atoms with Crippen LogP contribution in [0.5, 0.6) is 0 Å². The Kier molecular flexibility index (Phi) is 5.32. The SMILES string of the molecule is Cc1ccc(C(C)NC(=O)C(=O)Nc2cc(S(C)(=O)=O)ccc2C)o1. The Bertz CT molecular complexity index is 915. The highest BCUT2D eigenvalue weighted by atomic mass is 32.2. The number of hydrogen-bond donors (Lipinski definition) is 2. The molecule has 0 radical (unpaired) electrons. The lowest BCUT2D eigenvalue weighted by Crippen LogP contribution is -2.37. The van der Waals surface area contributed by atoms with Crippen molar-refractivity contribution in [2.24, 2.45) is 0 Å². The van der Waals surface area contributed by atoms with Crippen molar-refractivity contribution in [3.63, 3.8) is 0 Å². The number of amides is 2. The van der Waals surface area contributed by atoms with Crippen molar-refractivity contribution in [3.05, 3.63) is 47.4 Å². The summed E-state index contributed by atoms with van der Waals surface area (Å²) in [6.45, 7) is 5.18. The minimum Gasteiger partial charge on any atom is -0.464 e. The molecule has 1 aromatic carbocycles. The molecule has 0 aliphatic carbocycles. The molecule has 1 atom stereocenters. The second kappa shape index (κ2) is 7.10. The van der Waals surface area contributed by atoms with Crippen LogP contribution < -0.4 is 10.6 Å². The van der Waals surface area contributed by atoms with Crippen LogP contribution in [-0.4, -0.2) is 26.5 Å². The van der Waals surface area contributed by atoms with Gasteiger partial charge in [0.25, 0.3) is 0 Å². The van der Waals surface area contributed by atoms with E-state index < -0.39 is 27.7 Å². The number of benzene rings is 1. The molecule has 2 rings (SSSR count). The lowest BCUT2D eigenvalue weighted by Gasteiger charge is -2.13. The summed E-state index contributed by atoms with van der Waals surface area (Å²) >= 11 is 0. The number of furan rings is 1. The van der Waals surface area contributed by atoms with E-state index in [1.165, 1.54) is 12.1 Å². The molecule has 0 bridgehead atoms. The molecular weight excluding hydrogens is 344 g/mol. The summed E-state index contributed by atoms with van der Waals surface area (Å²) in [6, 6.07) is 7.35. The van der Waals surface area contributed by atoms with Crippen molar-refractivity contribution in [2.45, 2.75) is 31.7 Å². The van der Waals surface area contributed by atoms with Gasteiger partial charge >= 0.3 is 11.8 Å². The molecule has 134 valence electrons. The number of hydrogen-bond acceptors (Lipinski definition) is 5. The van der Waals surface area contributed by atoms with Crippen molar-refractivity contribution in [1.29, 1.82) is 0 Å². The smallest absolute Gasteiger partial charge is 0.313 e. The maximum Gasteiger partial charge on any atom is 0.313 e. The summed E-state index contributed by atoms with van der Waals surface area (Å²) < 4.78 is 28.6. The van der Waals surface area contributed by atoms with Crippen LogP contribution in [0.3, 0.4) is 0 Å². The molecular formula is C17H20N2O5S. The zero-order chi connectivity index (χ0) is 18.8. The molecule has 1 unspecified atom stereocenters. The van der Waals surface area contributed by atoms with E-state index in [9.17, 15) is 18.0 Å². The van der Waals surface area contributed by atoms with E-state index in [1.54, 1.807) is 39.0 Å². The molecule has 0 aliphatic heterocycles. The minimum absolute atomic E-state index is 0.0632. The van der Waals surface area contributed by atoms with Gasteiger partial charge in [0.15, 0.2) is 9.84 Å². The van der Waals surface area contributed by atoms with Gasteiger partial charge in [-0.25, -0.2) is 8.42 Å². The molecule has 2 aromatic rings. The lowest BCUT2D eigenvalue weighted by molar-refractivity contribution is -0.136. The highest BCUT2D eigenvalue weighted by Crippen LogP contribution is 2.20. The Hall–Kier alpha value is -2.61. The van der Waals surface area contributed by atoms with Crippen LogP contribution >= 0.6 is 0 Å². The van der Waals surface area contributed by atoms with E-state index in [2.05, 4.69) is 10.6 Å². The number of carbonyl (C=O) groups is 2. The number of anilines is 1. The van der Waals surface area contributed by atoms with E-state index >= 15 is 0 Å². The molecule has 7 nitrogen and oxygen atoms in total. The first-order valence-corrected chi connectivity index (χ1v) is 9.46. The van der Waals surface area contributed by atoms with Gasteiger partial charge in [0.05, 0.1) is 10.9 Å². The Morgan fingerprint density at radius 2 is 1.76 bits per heavy atom. The van der Waals surface area contributed by atoms with Crippen molar-refractivity contribution in [3.8, 4) is 0 Å². The summed E-state index contributed by atoms with van der Waals surface area (Å²) in [7, 11) is -3.42. The highest BCUT2D eigenvalue weighted by Gasteiger charge is 2.20. The molecule has 2 amide bonds. The van der Waals surface area contributed by atoms with Crippen LogP contribution in [0.25, 0.3) is 0 Å². The van der Waals surface area contributed by atoms with Crippen LogP contribution in [-0.2, 0) is 19.4 Å². The summed E-state index contributed by atoms with van der Waals surface area (Å²) in [5.74, 6) is -0.489. The molecule has 1 aromatic heterocycles. The van der Waals surface area contributed by atoms with E-state index in [0.29, 0.717) is 17.1 Å². The van der Waals surface area contributed by atoms with Crippen LogP contribution in [0.15, 0.2) is 39.6 Å². The standard InChI is InChI=1S/C17H20N2O5S/c1-10-5-7-13(25(4,22)23)9-14(10)19-17(21)16(20)18-12(3)15-8-6-11(2)24-15/h5-9,12H,1-4H3,(H,18,20)(H,19,21). The predicted octanol–water partition coefficient (Wildman–Crippen LogP) is 2.12. The summed E-state index contributed by atoms with van der Waals surface area (Å²) in [4.78, 5) is 24.2.